The number of nitrogens with zero attached hydrogens (tertiary/aromatic N) is 1. The van der Waals surface area contributed by atoms with Crippen molar-refractivity contribution >= 4 is 5.97 Å². The van der Waals surface area contributed by atoms with Crippen LogP contribution >= 0.6 is 0 Å². The SMILES string of the molecule is CCCCCCCCCCCCc1cccc(OC(CC)COC(=O)CCC[N+](C)(C)Cc2ccccc2)c1. The zero-order valence-electron chi connectivity index (χ0n) is 25.5. The molecule has 39 heavy (non-hydrogen) atoms. The van der Waals surface area contributed by atoms with Crippen LogP contribution in [0.4, 0.5) is 0 Å². The molecular weight excluding hydrogens is 482 g/mol. The standard InChI is InChI=1S/C35H56NO3/c1-5-7-8-9-10-11-12-13-14-16-21-31-24-19-25-34(28-31)39-33(6-2)30-38-35(37)26-20-27-36(3,4)29-32-22-17-15-18-23-32/h15,17-19,22-25,28,33H,5-14,16,20-21,26-27,29-30H2,1-4H3/q+1. The van der Waals surface area contributed by atoms with E-state index in [2.05, 4.69) is 70.4 Å². The highest BCUT2D eigenvalue weighted by Crippen LogP contribution is 2.19. The molecule has 0 amide bonds. The summed E-state index contributed by atoms with van der Waals surface area (Å²) in [6.45, 7) is 6.55. The van der Waals surface area contributed by atoms with Crippen LogP contribution in [0.3, 0.4) is 0 Å². The monoisotopic (exact) mass is 538 g/mol. The van der Waals surface area contributed by atoms with Gasteiger partial charge in [-0.15, -0.1) is 0 Å². The normalized spacial score (nSPS) is 12.3. The fourth-order valence-electron chi connectivity index (χ4n) is 5.08. The number of esters is 1. The van der Waals surface area contributed by atoms with Crippen molar-refractivity contribution in [2.75, 3.05) is 27.2 Å². The molecule has 2 aromatic carbocycles. The number of benzene rings is 2. The van der Waals surface area contributed by atoms with Crippen molar-refractivity contribution in [3.05, 3.63) is 65.7 Å². The first-order valence-electron chi connectivity index (χ1n) is 15.7. The second-order valence-electron chi connectivity index (χ2n) is 11.8. The van der Waals surface area contributed by atoms with Crippen molar-refractivity contribution in [2.45, 2.75) is 116 Å². The molecule has 4 nitrogen and oxygen atoms in total. The number of unbranched alkanes of at least 4 members (excludes halogenated alkanes) is 9. The van der Waals surface area contributed by atoms with Gasteiger partial charge in [-0.05, 0) is 37.0 Å². The van der Waals surface area contributed by atoms with E-state index in [0.29, 0.717) is 13.0 Å². The van der Waals surface area contributed by atoms with Gasteiger partial charge < -0.3 is 14.0 Å². The van der Waals surface area contributed by atoms with Gasteiger partial charge in [0.2, 0.25) is 0 Å². The van der Waals surface area contributed by atoms with Crippen molar-refractivity contribution in [3.63, 3.8) is 0 Å². The highest BCUT2D eigenvalue weighted by molar-refractivity contribution is 5.69. The summed E-state index contributed by atoms with van der Waals surface area (Å²) in [4.78, 5) is 12.4. The predicted molar refractivity (Wildman–Crippen MR) is 164 cm³/mol. The van der Waals surface area contributed by atoms with Crippen LogP contribution in [0.1, 0.15) is 108 Å². The smallest absolute Gasteiger partial charge is 0.306 e. The van der Waals surface area contributed by atoms with E-state index in [1.165, 1.54) is 75.3 Å². The fourth-order valence-corrected chi connectivity index (χ4v) is 5.08. The Kier molecular flexibility index (Phi) is 16.6. The lowest BCUT2D eigenvalue weighted by Gasteiger charge is -2.29. The third kappa shape index (κ3) is 15.8. The van der Waals surface area contributed by atoms with Gasteiger partial charge in [-0.1, -0.05) is 114 Å². The van der Waals surface area contributed by atoms with E-state index in [1.54, 1.807) is 0 Å². The van der Waals surface area contributed by atoms with Crippen LogP contribution in [0, 0.1) is 0 Å². The summed E-state index contributed by atoms with van der Waals surface area (Å²) in [6.07, 6.45) is 16.6. The summed E-state index contributed by atoms with van der Waals surface area (Å²) in [7, 11) is 4.42. The van der Waals surface area contributed by atoms with Crippen LogP contribution < -0.4 is 4.74 Å². The second kappa shape index (κ2) is 19.7. The summed E-state index contributed by atoms with van der Waals surface area (Å²) < 4.78 is 12.7. The molecule has 218 valence electrons. The first-order chi connectivity index (χ1) is 18.9. The van der Waals surface area contributed by atoms with Crippen LogP contribution in [-0.4, -0.2) is 43.8 Å². The Morgan fingerprint density at radius 3 is 2.08 bits per heavy atom. The molecule has 1 atom stereocenters. The van der Waals surface area contributed by atoms with Crippen molar-refractivity contribution in [1.82, 2.24) is 0 Å². The van der Waals surface area contributed by atoms with Gasteiger partial charge in [-0.25, -0.2) is 0 Å². The summed E-state index contributed by atoms with van der Waals surface area (Å²) >= 11 is 0. The van der Waals surface area contributed by atoms with Gasteiger partial charge >= 0.3 is 5.97 Å². The van der Waals surface area contributed by atoms with E-state index in [0.717, 1.165) is 42.6 Å². The molecule has 1 unspecified atom stereocenters. The Morgan fingerprint density at radius 1 is 0.769 bits per heavy atom. The lowest BCUT2D eigenvalue weighted by molar-refractivity contribution is -0.903. The topological polar surface area (TPSA) is 35.5 Å². The van der Waals surface area contributed by atoms with Crippen molar-refractivity contribution in [2.24, 2.45) is 0 Å². The van der Waals surface area contributed by atoms with Crippen molar-refractivity contribution in [3.8, 4) is 5.75 Å². The zero-order chi connectivity index (χ0) is 28.2. The number of rotatable bonds is 22. The average molecular weight is 539 g/mol. The molecule has 0 N–H and O–H groups in total. The van der Waals surface area contributed by atoms with Crippen LogP contribution in [0.5, 0.6) is 5.75 Å². The summed E-state index contributed by atoms with van der Waals surface area (Å²) in [5, 5.41) is 0. The van der Waals surface area contributed by atoms with Crippen molar-refractivity contribution < 1.29 is 18.8 Å². The zero-order valence-corrected chi connectivity index (χ0v) is 25.5. The van der Waals surface area contributed by atoms with Gasteiger partial charge in [0, 0.05) is 12.0 Å². The molecule has 0 spiro atoms. The molecule has 0 saturated heterocycles. The number of hydrogen-bond acceptors (Lipinski definition) is 3. The molecule has 2 aromatic rings. The number of aryl methyl sites for hydroxylation is 1. The summed E-state index contributed by atoms with van der Waals surface area (Å²) in [5.74, 6) is 0.744. The third-order valence-electron chi connectivity index (χ3n) is 7.50. The second-order valence-corrected chi connectivity index (χ2v) is 11.8. The minimum Gasteiger partial charge on any atom is -0.487 e. The van der Waals surface area contributed by atoms with Crippen LogP contribution in [0.15, 0.2) is 54.6 Å². The van der Waals surface area contributed by atoms with E-state index in [9.17, 15) is 4.79 Å². The quantitative estimate of drug-likeness (QED) is 0.0853. The van der Waals surface area contributed by atoms with Crippen LogP contribution in [-0.2, 0) is 22.5 Å². The maximum absolute atomic E-state index is 12.4. The Labute approximate surface area is 239 Å². The van der Waals surface area contributed by atoms with Gasteiger partial charge in [-0.3, -0.25) is 4.79 Å². The minimum absolute atomic E-state index is 0.119. The molecular formula is C35H56NO3+. The molecule has 0 bridgehead atoms. The molecule has 0 saturated carbocycles. The average Bonchev–Trinajstić information content (AvgIpc) is 2.92. The first kappa shape index (κ1) is 32.9. The first-order valence-corrected chi connectivity index (χ1v) is 15.7. The van der Waals surface area contributed by atoms with Crippen molar-refractivity contribution in [1.29, 1.82) is 0 Å². The maximum atomic E-state index is 12.4. The Hall–Kier alpha value is -2.33. The Balaban J connectivity index is 1.61. The summed E-state index contributed by atoms with van der Waals surface area (Å²) in [6, 6.07) is 19.0. The largest absolute Gasteiger partial charge is 0.487 e. The molecule has 2 rings (SSSR count). The number of carbonyl (C=O) groups excluding carboxylic acids is 1. The predicted octanol–water partition coefficient (Wildman–Crippen LogP) is 8.91. The molecule has 4 heteroatoms. The molecule has 0 fully saturated rings. The third-order valence-corrected chi connectivity index (χ3v) is 7.50. The van der Waals surface area contributed by atoms with Gasteiger partial charge in [0.05, 0.1) is 27.1 Å². The van der Waals surface area contributed by atoms with Gasteiger partial charge in [0.15, 0.2) is 0 Å². The Bertz CT molecular complexity index is 896. The van der Waals surface area contributed by atoms with Crippen LogP contribution in [0.25, 0.3) is 0 Å². The lowest BCUT2D eigenvalue weighted by Crippen LogP contribution is -2.39. The lowest BCUT2D eigenvalue weighted by atomic mass is 10.0. The number of hydrogen-bond donors (Lipinski definition) is 0. The number of quaternary nitrogens is 1. The van der Waals surface area contributed by atoms with Gasteiger partial charge in [0.1, 0.15) is 25.0 Å². The number of ether oxygens (including phenoxy) is 2. The fraction of sp³-hybridized carbons (Fsp3) is 0.629. The van der Waals surface area contributed by atoms with E-state index in [1.807, 2.05) is 12.1 Å². The highest BCUT2D eigenvalue weighted by atomic mass is 16.6. The minimum atomic E-state index is -0.133. The molecule has 0 radical (unpaired) electrons. The highest BCUT2D eigenvalue weighted by Gasteiger charge is 2.18. The van der Waals surface area contributed by atoms with Crippen LogP contribution in [0.2, 0.25) is 0 Å². The number of carbonyl (C=O) groups is 1. The molecule has 0 aromatic heterocycles. The summed E-state index contributed by atoms with van der Waals surface area (Å²) in [5.41, 5.74) is 2.65. The van der Waals surface area contributed by atoms with Gasteiger partial charge in [-0.2, -0.15) is 0 Å². The Morgan fingerprint density at radius 2 is 1.41 bits per heavy atom. The molecule has 0 heterocycles. The molecule has 0 aliphatic rings. The molecule has 0 aliphatic heterocycles. The van der Waals surface area contributed by atoms with E-state index < -0.39 is 0 Å². The van der Waals surface area contributed by atoms with E-state index in [4.69, 9.17) is 9.47 Å². The maximum Gasteiger partial charge on any atom is 0.306 e. The van der Waals surface area contributed by atoms with E-state index >= 15 is 0 Å². The molecule has 0 aliphatic carbocycles. The van der Waals surface area contributed by atoms with E-state index in [-0.39, 0.29) is 12.1 Å². The van der Waals surface area contributed by atoms with Gasteiger partial charge in [0.25, 0.3) is 0 Å².